The quantitative estimate of drug-likeness (QED) is 0.876. The summed E-state index contributed by atoms with van der Waals surface area (Å²) in [5.74, 6) is -0.765. The monoisotopic (exact) mass is 376 g/mol. The zero-order valence-corrected chi connectivity index (χ0v) is 15.9. The average molecular weight is 376 g/mol. The lowest BCUT2D eigenvalue weighted by Gasteiger charge is -2.36. The van der Waals surface area contributed by atoms with E-state index in [0.29, 0.717) is 44.3 Å². The van der Waals surface area contributed by atoms with Gasteiger partial charge >= 0.3 is 0 Å². The Morgan fingerprint density at radius 2 is 1.89 bits per heavy atom. The van der Waals surface area contributed by atoms with Crippen molar-refractivity contribution in [3.8, 4) is 12.1 Å². The second-order valence-electron chi connectivity index (χ2n) is 8.25. The number of nitrogens with zero attached hydrogens (tertiary/aromatic N) is 3. The van der Waals surface area contributed by atoms with Crippen LogP contribution in [0.25, 0.3) is 0 Å². The Morgan fingerprint density at radius 1 is 1.14 bits per heavy atom. The SMILES string of the molecule is N#Cc1cccc2c1CCN(C(=O)[C@@H]1CCCC[C@H]1C(=O)NC1(C#N)CC1)C2. The summed E-state index contributed by atoms with van der Waals surface area (Å²) in [6.07, 6.45) is 5.38. The predicted molar refractivity (Wildman–Crippen MR) is 101 cm³/mol. The summed E-state index contributed by atoms with van der Waals surface area (Å²) in [5.41, 5.74) is 2.05. The third kappa shape index (κ3) is 3.36. The molecule has 1 heterocycles. The van der Waals surface area contributed by atoms with E-state index in [1.165, 1.54) is 0 Å². The molecule has 2 amide bonds. The summed E-state index contributed by atoms with van der Waals surface area (Å²) >= 11 is 0. The number of hydrogen-bond donors (Lipinski definition) is 1. The fourth-order valence-corrected chi connectivity index (χ4v) is 4.60. The van der Waals surface area contributed by atoms with Gasteiger partial charge in [0, 0.05) is 24.9 Å². The molecule has 0 aromatic heterocycles. The van der Waals surface area contributed by atoms with Gasteiger partial charge in [-0.25, -0.2) is 0 Å². The maximum absolute atomic E-state index is 13.3. The first-order valence-corrected chi connectivity index (χ1v) is 10.1. The van der Waals surface area contributed by atoms with Crippen LogP contribution in [-0.4, -0.2) is 28.8 Å². The molecular weight excluding hydrogens is 352 g/mol. The molecule has 1 N–H and O–H groups in total. The van der Waals surface area contributed by atoms with Crippen molar-refractivity contribution in [1.82, 2.24) is 10.2 Å². The Bertz CT molecular complexity index is 891. The van der Waals surface area contributed by atoms with Gasteiger partial charge in [0.15, 0.2) is 0 Å². The first-order valence-electron chi connectivity index (χ1n) is 10.1. The van der Waals surface area contributed by atoms with Gasteiger partial charge in [0.2, 0.25) is 11.8 Å². The molecular formula is C22H24N4O2. The van der Waals surface area contributed by atoms with Crippen molar-refractivity contribution >= 4 is 11.8 Å². The third-order valence-electron chi connectivity index (χ3n) is 6.44. The van der Waals surface area contributed by atoms with E-state index in [9.17, 15) is 20.1 Å². The topological polar surface area (TPSA) is 97.0 Å². The van der Waals surface area contributed by atoms with Crippen molar-refractivity contribution in [2.24, 2.45) is 11.8 Å². The Kier molecular flexibility index (Phi) is 4.81. The predicted octanol–water partition coefficient (Wildman–Crippen LogP) is 2.42. The van der Waals surface area contributed by atoms with Crippen LogP contribution in [0.5, 0.6) is 0 Å². The van der Waals surface area contributed by atoms with Gasteiger partial charge < -0.3 is 10.2 Å². The summed E-state index contributed by atoms with van der Waals surface area (Å²) in [6, 6.07) is 10.1. The van der Waals surface area contributed by atoms with Crippen LogP contribution in [0, 0.1) is 34.5 Å². The summed E-state index contributed by atoms with van der Waals surface area (Å²) < 4.78 is 0. The fourth-order valence-electron chi connectivity index (χ4n) is 4.60. The van der Waals surface area contributed by atoms with Gasteiger partial charge in [-0.3, -0.25) is 9.59 Å². The minimum absolute atomic E-state index is 0.0367. The van der Waals surface area contributed by atoms with Crippen LogP contribution in [0.1, 0.15) is 55.2 Å². The third-order valence-corrected chi connectivity index (χ3v) is 6.44. The van der Waals surface area contributed by atoms with Crippen LogP contribution in [0.4, 0.5) is 0 Å². The molecule has 0 unspecified atom stereocenters. The standard InChI is InChI=1S/C22H24N4O2/c23-12-15-4-3-5-16-13-26(11-8-17(15)16)21(28)19-7-2-1-6-18(19)20(27)25-22(14-24)9-10-22/h3-5,18-19H,1-2,6-11,13H2,(H,25,27)/t18-,19-/m1/s1. The molecule has 144 valence electrons. The first kappa shape index (κ1) is 18.5. The van der Waals surface area contributed by atoms with E-state index in [0.717, 1.165) is 30.4 Å². The molecule has 6 nitrogen and oxygen atoms in total. The molecule has 3 aliphatic rings. The highest BCUT2D eigenvalue weighted by atomic mass is 16.2. The van der Waals surface area contributed by atoms with Crippen molar-refractivity contribution in [3.05, 3.63) is 34.9 Å². The van der Waals surface area contributed by atoms with Crippen molar-refractivity contribution in [3.63, 3.8) is 0 Å². The molecule has 0 radical (unpaired) electrons. The molecule has 1 aromatic rings. The van der Waals surface area contributed by atoms with Gasteiger partial charge in [0.1, 0.15) is 5.54 Å². The van der Waals surface area contributed by atoms with E-state index in [-0.39, 0.29) is 23.7 Å². The van der Waals surface area contributed by atoms with Crippen LogP contribution >= 0.6 is 0 Å². The van der Waals surface area contributed by atoms with Gasteiger partial charge in [-0.1, -0.05) is 25.0 Å². The van der Waals surface area contributed by atoms with E-state index in [2.05, 4.69) is 17.5 Å². The molecule has 2 atom stereocenters. The van der Waals surface area contributed by atoms with Crippen LogP contribution in [0.15, 0.2) is 18.2 Å². The Balaban J connectivity index is 1.49. The number of nitriles is 2. The van der Waals surface area contributed by atoms with Crippen molar-refractivity contribution < 1.29 is 9.59 Å². The normalized spacial score (nSPS) is 25.0. The Hall–Kier alpha value is -2.86. The number of fused-ring (bicyclic) bond motifs is 1. The lowest BCUT2D eigenvalue weighted by molar-refractivity contribution is -0.144. The van der Waals surface area contributed by atoms with Crippen LogP contribution in [0.2, 0.25) is 0 Å². The molecule has 4 rings (SSSR count). The molecule has 0 saturated heterocycles. The minimum atomic E-state index is -0.695. The van der Waals surface area contributed by atoms with Crippen LogP contribution < -0.4 is 5.32 Å². The zero-order valence-electron chi connectivity index (χ0n) is 15.9. The average Bonchev–Trinajstić information content (AvgIpc) is 3.52. The number of hydrogen-bond acceptors (Lipinski definition) is 4. The molecule has 2 fully saturated rings. The number of rotatable bonds is 3. The number of amides is 2. The first-order chi connectivity index (χ1) is 13.6. The largest absolute Gasteiger partial charge is 0.338 e. The number of carbonyl (C=O) groups excluding carboxylic acids is 2. The fraction of sp³-hybridized carbons (Fsp3) is 0.545. The Labute approximate surface area is 165 Å². The highest BCUT2D eigenvalue weighted by Crippen LogP contribution is 2.38. The van der Waals surface area contributed by atoms with E-state index in [1.54, 1.807) is 0 Å². The molecule has 0 bridgehead atoms. The molecule has 2 aliphatic carbocycles. The van der Waals surface area contributed by atoms with Crippen molar-refractivity contribution in [2.75, 3.05) is 6.54 Å². The van der Waals surface area contributed by atoms with E-state index >= 15 is 0 Å². The number of benzene rings is 1. The van der Waals surface area contributed by atoms with Gasteiger partial charge in [0.05, 0.1) is 17.7 Å². The van der Waals surface area contributed by atoms with Crippen LogP contribution in [-0.2, 0) is 22.6 Å². The second kappa shape index (κ2) is 7.28. The molecule has 1 aliphatic heterocycles. The highest BCUT2D eigenvalue weighted by molar-refractivity contribution is 5.89. The lowest BCUT2D eigenvalue weighted by Crippen LogP contribution is -2.48. The smallest absolute Gasteiger partial charge is 0.226 e. The van der Waals surface area contributed by atoms with Gasteiger partial charge in [0.25, 0.3) is 0 Å². The number of nitrogens with one attached hydrogen (secondary N) is 1. The molecule has 1 aromatic carbocycles. The zero-order chi connectivity index (χ0) is 19.7. The lowest BCUT2D eigenvalue weighted by atomic mass is 9.77. The molecule has 0 spiro atoms. The molecule has 2 saturated carbocycles. The molecule has 28 heavy (non-hydrogen) atoms. The molecule has 6 heteroatoms. The van der Waals surface area contributed by atoms with Crippen LogP contribution in [0.3, 0.4) is 0 Å². The van der Waals surface area contributed by atoms with E-state index in [1.807, 2.05) is 23.1 Å². The summed E-state index contributed by atoms with van der Waals surface area (Å²) in [5, 5.41) is 21.4. The number of carbonyl (C=O) groups is 2. The Morgan fingerprint density at radius 3 is 2.57 bits per heavy atom. The maximum atomic E-state index is 13.3. The van der Waals surface area contributed by atoms with Crippen molar-refractivity contribution in [2.45, 2.75) is 57.0 Å². The minimum Gasteiger partial charge on any atom is -0.338 e. The summed E-state index contributed by atoms with van der Waals surface area (Å²) in [6.45, 7) is 1.08. The van der Waals surface area contributed by atoms with Gasteiger partial charge in [-0.15, -0.1) is 0 Å². The summed E-state index contributed by atoms with van der Waals surface area (Å²) in [7, 11) is 0. The van der Waals surface area contributed by atoms with Gasteiger partial charge in [-0.05, 0) is 49.3 Å². The summed E-state index contributed by atoms with van der Waals surface area (Å²) in [4.78, 5) is 28.0. The van der Waals surface area contributed by atoms with Gasteiger partial charge in [-0.2, -0.15) is 10.5 Å². The van der Waals surface area contributed by atoms with Crippen molar-refractivity contribution in [1.29, 1.82) is 10.5 Å². The van der Waals surface area contributed by atoms with E-state index < -0.39 is 5.54 Å². The highest BCUT2D eigenvalue weighted by Gasteiger charge is 2.47. The van der Waals surface area contributed by atoms with E-state index in [4.69, 9.17) is 0 Å². The maximum Gasteiger partial charge on any atom is 0.226 e. The second-order valence-corrected chi connectivity index (χ2v) is 8.25.